The molecule has 2 aromatic rings. The van der Waals surface area contributed by atoms with Crippen LogP contribution in [0.25, 0.3) is 0 Å². The van der Waals surface area contributed by atoms with Gasteiger partial charge in [0.2, 0.25) is 0 Å². The molecule has 2 rings (SSSR count). The second kappa shape index (κ2) is 9.46. The average Bonchev–Trinajstić information content (AvgIpc) is 2.71. The highest BCUT2D eigenvalue weighted by Crippen LogP contribution is 2.36. The zero-order valence-corrected chi connectivity index (χ0v) is 16.4. The number of esters is 2. The number of hydrogen-bond donors (Lipinski definition) is 0. The van der Waals surface area contributed by atoms with Gasteiger partial charge in [0.25, 0.3) is 0 Å². The number of ketones is 1. The maximum Gasteiger partial charge on any atom is 0.320 e. The smallest absolute Gasteiger partial charge is 0.320 e. The van der Waals surface area contributed by atoms with E-state index in [9.17, 15) is 18.8 Å². The Bertz CT molecular complexity index is 832. The van der Waals surface area contributed by atoms with Crippen LogP contribution in [0.2, 0.25) is 5.02 Å². The molecule has 0 aliphatic rings. The summed E-state index contributed by atoms with van der Waals surface area (Å²) in [6, 6.07) is 11.6. The summed E-state index contributed by atoms with van der Waals surface area (Å²) in [5, 5.41) is 0.465. The zero-order valence-electron chi connectivity index (χ0n) is 15.6. The Kier molecular flexibility index (Phi) is 7.29. The van der Waals surface area contributed by atoms with Crippen molar-refractivity contribution in [1.82, 2.24) is 0 Å². The van der Waals surface area contributed by atoms with Crippen molar-refractivity contribution in [3.05, 3.63) is 70.5 Å². The standard InChI is InChI=1S/C21H20ClFO5/c1-12(19(24)14-6-10-16(23)11-7-14)17(13-4-8-15(22)9-5-13)18(20(25)27-2)21(26)28-3/h4-12,17-18H,1-3H3/t12-,17+/m0/s1. The summed E-state index contributed by atoms with van der Waals surface area (Å²) in [6.07, 6.45) is 0. The highest BCUT2D eigenvalue weighted by atomic mass is 35.5. The predicted octanol–water partition coefficient (Wildman–Crippen LogP) is 4.04. The molecule has 0 unspecified atom stereocenters. The lowest BCUT2D eigenvalue weighted by Gasteiger charge is -2.28. The molecule has 0 aromatic heterocycles. The minimum absolute atomic E-state index is 0.265. The van der Waals surface area contributed by atoms with Crippen LogP contribution in [0.4, 0.5) is 4.39 Å². The molecule has 7 heteroatoms. The summed E-state index contributed by atoms with van der Waals surface area (Å²) in [5.41, 5.74) is 0.814. The molecule has 0 spiro atoms. The monoisotopic (exact) mass is 406 g/mol. The Balaban J connectivity index is 2.53. The molecule has 0 saturated heterocycles. The van der Waals surface area contributed by atoms with Gasteiger partial charge in [-0.2, -0.15) is 0 Å². The van der Waals surface area contributed by atoms with Gasteiger partial charge in [-0.15, -0.1) is 0 Å². The SMILES string of the molecule is COC(=O)C(C(=O)OC)[C@@H](c1ccc(Cl)cc1)[C@H](C)C(=O)c1ccc(F)cc1. The lowest BCUT2D eigenvalue weighted by atomic mass is 9.74. The largest absolute Gasteiger partial charge is 0.468 e. The van der Waals surface area contributed by atoms with E-state index in [4.69, 9.17) is 21.1 Å². The van der Waals surface area contributed by atoms with E-state index in [0.717, 1.165) is 14.2 Å². The first-order chi connectivity index (χ1) is 13.3. The molecule has 2 atom stereocenters. The molecule has 0 bridgehead atoms. The lowest BCUT2D eigenvalue weighted by Crippen LogP contribution is -2.37. The minimum Gasteiger partial charge on any atom is -0.468 e. The Morgan fingerprint density at radius 2 is 1.39 bits per heavy atom. The van der Waals surface area contributed by atoms with E-state index >= 15 is 0 Å². The number of rotatable bonds is 7. The Morgan fingerprint density at radius 1 is 0.893 bits per heavy atom. The van der Waals surface area contributed by atoms with Crippen LogP contribution in [-0.2, 0) is 19.1 Å². The number of carbonyl (C=O) groups excluding carboxylic acids is 3. The molecule has 148 valence electrons. The van der Waals surface area contributed by atoms with Gasteiger partial charge in [-0.05, 0) is 42.0 Å². The molecular weight excluding hydrogens is 387 g/mol. The Morgan fingerprint density at radius 3 is 1.86 bits per heavy atom. The predicted molar refractivity (Wildman–Crippen MR) is 102 cm³/mol. The van der Waals surface area contributed by atoms with Gasteiger partial charge in [0.15, 0.2) is 11.7 Å². The van der Waals surface area contributed by atoms with Crippen molar-refractivity contribution in [2.24, 2.45) is 11.8 Å². The quantitative estimate of drug-likeness (QED) is 0.394. The van der Waals surface area contributed by atoms with E-state index in [2.05, 4.69) is 0 Å². The first-order valence-electron chi connectivity index (χ1n) is 8.51. The van der Waals surface area contributed by atoms with E-state index in [0.29, 0.717) is 10.6 Å². The van der Waals surface area contributed by atoms with E-state index < -0.39 is 35.5 Å². The number of halogens is 2. The van der Waals surface area contributed by atoms with Crippen LogP contribution in [0.15, 0.2) is 48.5 Å². The minimum atomic E-state index is -1.35. The maximum atomic E-state index is 13.2. The second-order valence-electron chi connectivity index (χ2n) is 6.26. The summed E-state index contributed by atoms with van der Waals surface area (Å²) in [6.45, 7) is 1.60. The van der Waals surface area contributed by atoms with Crippen LogP contribution in [-0.4, -0.2) is 31.9 Å². The summed E-state index contributed by atoms with van der Waals surface area (Å²) in [5.74, 6) is -5.48. The van der Waals surface area contributed by atoms with Crippen molar-refractivity contribution in [2.45, 2.75) is 12.8 Å². The van der Waals surface area contributed by atoms with Crippen molar-refractivity contribution in [3.8, 4) is 0 Å². The van der Waals surface area contributed by atoms with Gasteiger partial charge in [0, 0.05) is 22.4 Å². The second-order valence-corrected chi connectivity index (χ2v) is 6.70. The zero-order chi connectivity index (χ0) is 20.8. The Hall–Kier alpha value is -2.73. The van der Waals surface area contributed by atoms with Gasteiger partial charge in [0.05, 0.1) is 14.2 Å². The topological polar surface area (TPSA) is 69.7 Å². The number of methoxy groups -OCH3 is 2. The average molecular weight is 407 g/mol. The van der Waals surface area contributed by atoms with Crippen molar-refractivity contribution in [1.29, 1.82) is 0 Å². The van der Waals surface area contributed by atoms with Crippen LogP contribution in [0.3, 0.4) is 0 Å². The van der Waals surface area contributed by atoms with E-state index in [1.807, 2.05) is 0 Å². The van der Waals surface area contributed by atoms with Gasteiger partial charge in [-0.3, -0.25) is 14.4 Å². The van der Waals surface area contributed by atoms with E-state index in [-0.39, 0.29) is 11.3 Å². The summed E-state index contributed by atoms with van der Waals surface area (Å²) >= 11 is 5.94. The van der Waals surface area contributed by atoms with Crippen LogP contribution in [0.1, 0.15) is 28.8 Å². The number of carbonyl (C=O) groups is 3. The molecule has 0 saturated carbocycles. The van der Waals surface area contributed by atoms with Crippen LogP contribution < -0.4 is 0 Å². The lowest BCUT2D eigenvalue weighted by molar-refractivity contribution is -0.160. The maximum absolute atomic E-state index is 13.2. The normalized spacial score (nSPS) is 12.9. The molecule has 0 radical (unpaired) electrons. The molecule has 0 fully saturated rings. The molecule has 0 aliphatic heterocycles. The van der Waals surface area contributed by atoms with E-state index in [1.165, 1.54) is 24.3 Å². The summed E-state index contributed by atoms with van der Waals surface area (Å²) in [7, 11) is 2.31. The molecule has 5 nitrogen and oxygen atoms in total. The summed E-state index contributed by atoms with van der Waals surface area (Å²) < 4.78 is 22.8. The number of Topliss-reactive ketones (excluding diaryl/α,β-unsaturated/α-hetero) is 1. The molecule has 28 heavy (non-hydrogen) atoms. The van der Waals surface area contributed by atoms with Crippen molar-refractivity contribution in [3.63, 3.8) is 0 Å². The third-order valence-electron chi connectivity index (χ3n) is 4.61. The van der Waals surface area contributed by atoms with Crippen molar-refractivity contribution >= 4 is 29.3 Å². The third kappa shape index (κ3) is 4.75. The van der Waals surface area contributed by atoms with Gasteiger partial charge in [-0.25, -0.2) is 4.39 Å². The van der Waals surface area contributed by atoms with Crippen LogP contribution in [0.5, 0.6) is 0 Å². The summed E-state index contributed by atoms with van der Waals surface area (Å²) in [4.78, 5) is 37.8. The molecule has 0 heterocycles. The first kappa shape index (κ1) is 21.6. The van der Waals surface area contributed by atoms with Gasteiger partial charge in [-0.1, -0.05) is 30.7 Å². The molecule has 0 N–H and O–H groups in total. The van der Waals surface area contributed by atoms with E-state index in [1.54, 1.807) is 31.2 Å². The number of ether oxygens (including phenoxy) is 2. The van der Waals surface area contributed by atoms with Crippen molar-refractivity contribution in [2.75, 3.05) is 14.2 Å². The van der Waals surface area contributed by atoms with Gasteiger partial charge >= 0.3 is 11.9 Å². The van der Waals surface area contributed by atoms with Crippen molar-refractivity contribution < 1.29 is 28.2 Å². The highest BCUT2D eigenvalue weighted by Gasteiger charge is 2.43. The molecule has 0 amide bonds. The van der Waals surface area contributed by atoms with Gasteiger partial charge in [0.1, 0.15) is 5.82 Å². The highest BCUT2D eigenvalue weighted by molar-refractivity contribution is 6.30. The fraction of sp³-hybridized carbons (Fsp3) is 0.286. The molecular formula is C21H20ClFO5. The van der Waals surface area contributed by atoms with Crippen LogP contribution in [0, 0.1) is 17.7 Å². The first-order valence-corrected chi connectivity index (χ1v) is 8.88. The Labute approximate surface area is 167 Å². The number of hydrogen-bond acceptors (Lipinski definition) is 5. The molecule has 2 aromatic carbocycles. The fourth-order valence-corrected chi connectivity index (χ4v) is 3.26. The molecule has 0 aliphatic carbocycles. The fourth-order valence-electron chi connectivity index (χ4n) is 3.14. The van der Waals surface area contributed by atoms with Crippen LogP contribution >= 0.6 is 11.6 Å². The third-order valence-corrected chi connectivity index (χ3v) is 4.86. The number of benzene rings is 2. The van der Waals surface area contributed by atoms with Gasteiger partial charge < -0.3 is 9.47 Å².